The number of esters is 2. The predicted octanol–water partition coefficient (Wildman–Crippen LogP) is 20.5. The van der Waals surface area contributed by atoms with E-state index in [1.54, 1.807) is 0 Å². The molecule has 2 unspecified atom stereocenters. The standard InChI is InChI=1S/C66H120NO8P/c1-3-5-7-9-11-13-15-17-19-21-23-25-27-29-30-31-32-33-35-36-38-40-42-44-46-48-50-52-54-56-58-65(68)72-62-64(63-74-76(70,71)73-61-60-67)75-66(69)59-57-55-53-51-49-47-45-43-41-39-37-34-28-26-24-22-20-18-16-14-12-10-8-6-4-2/h6,8,12,14,18,20,24,26,34,37,41,43,64H,3-5,7,9-11,13,15-17,19,21-23,25,27-33,35-36,38-40,42,44-63,67H2,1-2H3,(H,70,71)/b8-6-,14-12-,20-18-,26-24-,37-34-,43-41-. The molecule has 0 aromatic heterocycles. The number of hydrogen-bond donors (Lipinski definition) is 2. The third-order valence-electron chi connectivity index (χ3n) is 13.9. The Morgan fingerprint density at radius 2 is 0.724 bits per heavy atom. The summed E-state index contributed by atoms with van der Waals surface area (Å²) in [5.74, 6) is -0.836. The minimum Gasteiger partial charge on any atom is -0.462 e. The van der Waals surface area contributed by atoms with Crippen LogP contribution in [0.2, 0.25) is 0 Å². The van der Waals surface area contributed by atoms with Crippen LogP contribution < -0.4 is 5.73 Å². The maximum absolute atomic E-state index is 12.7. The summed E-state index contributed by atoms with van der Waals surface area (Å²) in [6.45, 7) is 3.65. The molecule has 0 fully saturated rings. The summed E-state index contributed by atoms with van der Waals surface area (Å²) in [7, 11) is -4.40. The van der Waals surface area contributed by atoms with Gasteiger partial charge in [0.1, 0.15) is 6.61 Å². The van der Waals surface area contributed by atoms with Crippen LogP contribution in [0.15, 0.2) is 72.9 Å². The number of hydrogen-bond acceptors (Lipinski definition) is 8. The van der Waals surface area contributed by atoms with Crippen molar-refractivity contribution in [2.75, 3.05) is 26.4 Å². The third kappa shape index (κ3) is 60.7. The van der Waals surface area contributed by atoms with Crippen molar-refractivity contribution in [3.05, 3.63) is 72.9 Å². The van der Waals surface area contributed by atoms with E-state index in [0.717, 1.165) is 96.3 Å². The molecular formula is C66H120NO8P. The van der Waals surface area contributed by atoms with Gasteiger partial charge in [0, 0.05) is 19.4 Å². The molecule has 0 amide bonds. The number of carbonyl (C=O) groups excluding carboxylic acids is 2. The molecule has 0 aromatic rings. The van der Waals surface area contributed by atoms with Gasteiger partial charge in [-0.05, 0) is 64.2 Å². The molecule has 76 heavy (non-hydrogen) atoms. The van der Waals surface area contributed by atoms with Crippen molar-refractivity contribution in [1.29, 1.82) is 0 Å². The van der Waals surface area contributed by atoms with E-state index in [1.165, 1.54) is 173 Å². The number of phosphoric ester groups is 1. The molecule has 0 aliphatic rings. The van der Waals surface area contributed by atoms with Crippen LogP contribution in [0.25, 0.3) is 0 Å². The zero-order chi connectivity index (χ0) is 55.2. The Morgan fingerprint density at radius 3 is 1.08 bits per heavy atom. The largest absolute Gasteiger partial charge is 0.472 e. The van der Waals surface area contributed by atoms with E-state index in [4.69, 9.17) is 24.3 Å². The average Bonchev–Trinajstić information content (AvgIpc) is 3.41. The fraction of sp³-hybridized carbons (Fsp3) is 0.788. The number of allylic oxidation sites excluding steroid dienone is 12. The molecule has 442 valence electrons. The summed E-state index contributed by atoms with van der Waals surface area (Å²) in [6, 6.07) is 0. The lowest BCUT2D eigenvalue weighted by Gasteiger charge is -2.19. The molecule has 9 nitrogen and oxygen atoms in total. The molecule has 0 saturated carbocycles. The van der Waals surface area contributed by atoms with Crippen molar-refractivity contribution in [2.24, 2.45) is 5.73 Å². The second kappa shape index (κ2) is 61.7. The van der Waals surface area contributed by atoms with Crippen molar-refractivity contribution >= 4 is 19.8 Å². The summed E-state index contributed by atoms with van der Waals surface area (Å²) in [6.07, 6.45) is 79.8. The molecule has 2 atom stereocenters. The first-order valence-corrected chi connectivity index (χ1v) is 33.4. The minimum absolute atomic E-state index is 0.0487. The molecule has 0 spiro atoms. The van der Waals surface area contributed by atoms with Gasteiger partial charge in [0.2, 0.25) is 0 Å². The maximum Gasteiger partial charge on any atom is 0.472 e. The van der Waals surface area contributed by atoms with Crippen LogP contribution in [0.3, 0.4) is 0 Å². The number of rotatable bonds is 60. The Balaban J connectivity index is 3.92. The van der Waals surface area contributed by atoms with Gasteiger partial charge >= 0.3 is 19.8 Å². The van der Waals surface area contributed by atoms with Crippen LogP contribution in [-0.2, 0) is 32.7 Å². The van der Waals surface area contributed by atoms with Crippen LogP contribution in [0.4, 0.5) is 0 Å². The lowest BCUT2D eigenvalue weighted by Crippen LogP contribution is -2.29. The van der Waals surface area contributed by atoms with Gasteiger partial charge in [-0.1, -0.05) is 299 Å². The van der Waals surface area contributed by atoms with E-state index in [0.29, 0.717) is 6.42 Å². The highest BCUT2D eigenvalue weighted by atomic mass is 31.2. The van der Waals surface area contributed by atoms with Crippen molar-refractivity contribution in [1.82, 2.24) is 0 Å². The van der Waals surface area contributed by atoms with E-state index in [9.17, 15) is 19.0 Å². The molecule has 0 radical (unpaired) electrons. The molecule has 3 N–H and O–H groups in total. The Morgan fingerprint density at radius 1 is 0.408 bits per heavy atom. The highest BCUT2D eigenvalue weighted by Crippen LogP contribution is 2.43. The van der Waals surface area contributed by atoms with Gasteiger partial charge in [0.15, 0.2) is 6.10 Å². The van der Waals surface area contributed by atoms with Crippen molar-refractivity contribution in [3.8, 4) is 0 Å². The quantitative estimate of drug-likeness (QED) is 0.0264. The fourth-order valence-corrected chi connectivity index (χ4v) is 9.94. The Kier molecular flexibility index (Phi) is 59.6. The first-order chi connectivity index (χ1) is 37.3. The van der Waals surface area contributed by atoms with Crippen LogP contribution >= 0.6 is 7.82 Å². The third-order valence-corrected chi connectivity index (χ3v) is 14.8. The Labute approximate surface area is 469 Å². The van der Waals surface area contributed by atoms with Gasteiger partial charge < -0.3 is 20.1 Å². The number of ether oxygens (including phenoxy) is 2. The summed E-state index contributed by atoms with van der Waals surface area (Å²) < 4.78 is 33.1. The van der Waals surface area contributed by atoms with E-state index in [2.05, 4.69) is 86.8 Å². The van der Waals surface area contributed by atoms with Gasteiger partial charge in [-0.2, -0.15) is 0 Å². The molecule has 0 heterocycles. The minimum atomic E-state index is -4.40. The molecule has 0 rings (SSSR count). The summed E-state index contributed by atoms with van der Waals surface area (Å²) in [4.78, 5) is 35.3. The van der Waals surface area contributed by atoms with E-state index in [-0.39, 0.29) is 38.6 Å². The average molecular weight is 1090 g/mol. The van der Waals surface area contributed by atoms with Crippen molar-refractivity contribution < 1.29 is 37.6 Å². The van der Waals surface area contributed by atoms with E-state index >= 15 is 0 Å². The number of unbranched alkanes of at least 4 members (excludes halogenated alkanes) is 35. The lowest BCUT2D eigenvalue weighted by molar-refractivity contribution is -0.161. The van der Waals surface area contributed by atoms with Gasteiger partial charge in [0.05, 0.1) is 13.2 Å². The zero-order valence-corrected chi connectivity index (χ0v) is 50.4. The molecule has 0 aliphatic carbocycles. The number of phosphoric acid groups is 1. The van der Waals surface area contributed by atoms with E-state index in [1.807, 2.05) is 0 Å². The van der Waals surface area contributed by atoms with Gasteiger partial charge in [0.25, 0.3) is 0 Å². The maximum atomic E-state index is 12.7. The van der Waals surface area contributed by atoms with Crippen LogP contribution in [0, 0.1) is 0 Å². The monoisotopic (exact) mass is 1090 g/mol. The summed E-state index contributed by atoms with van der Waals surface area (Å²) in [5.41, 5.74) is 5.39. The Bertz CT molecular complexity index is 1470. The predicted molar refractivity (Wildman–Crippen MR) is 326 cm³/mol. The van der Waals surface area contributed by atoms with Gasteiger partial charge in [-0.15, -0.1) is 0 Å². The number of nitrogens with two attached hydrogens (primary N) is 1. The van der Waals surface area contributed by atoms with Crippen LogP contribution in [0.5, 0.6) is 0 Å². The molecule has 0 aliphatic heterocycles. The second-order valence-electron chi connectivity index (χ2n) is 21.3. The first kappa shape index (κ1) is 73.5. The Hall–Kier alpha value is -2.55. The van der Waals surface area contributed by atoms with Gasteiger partial charge in [-0.3, -0.25) is 18.6 Å². The highest BCUT2D eigenvalue weighted by Gasteiger charge is 2.26. The normalized spacial score (nSPS) is 13.5. The van der Waals surface area contributed by atoms with Crippen LogP contribution in [-0.4, -0.2) is 49.3 Å². The molecule has 10 heteroatoms. The highest BCUT2D eigenvalue weighted by molar-refractivity contribution is 7.47. The first-order valence-electron chi connectivity index (χ1n) is 31.9. The van der Waals surface area contributed by atoms with Gasteiger partial charge in [-0.25, -0.2) is 4.57 Å². The van der Waals surface area contributed by atoms with Crippen molar-refractivity contribution in [2.45, 2.75) is 309 Å². The SMILES string of the molecule is CC/C=C\C/C=C\C/C=C\C/C=C\C/C=C\C/C=C\CCCCCCCCC(=O)OC(COC(=O)CCCCCCCCCCCCCCCCCCCCCCCCCCCCCCCC)COP(=O)(O)OCCN. The molecule has 0 bridgehead atoms. The zero-order valence-electron chi connectivity index (χ0n) is 49.5. The molecular weight excluding hydrogens is 966 g/mol. The van der Waals surface area contributed by atoms with E-state index < -0.39 is 26.5 Å². The lowest BCUT2D eigenvalue weighted by atomic mass is 10.0. The summed E-state index contributed by atoms with van der Waals surface area (Å²) >= 11 is 0. The molecule has 0 saturated heterocycles. The number of carbonyl (C=O) groups is 2. The summed E-state index contributed by atoms with van der Waals surface area (Å²) in [5, 5.41) is 0. The smallest absolute Gasteiger partial charge is 0.462 e. The fourth-order valence-electron chi connectivity index (χ4n) is 9.17. The topological polar surface area (TPSA) is 134 Å². The van der Waals surface area contributed by atoms with Crippen molar-refractivity contribution in [3.63, 3.8) is 0 Å². The van der Waals surface area contributed by atoms with Crippen LogP contribution in [0.1, 0.15) is 303 Å². The second-order valence-corrected chi connectivity index (χ2v) is 22.7. The molecule has 0 aromatic carbocycles.